The molecule has 1 aromatic rings. The molecule has 4 heteroatoms. The van der Waals surface area contributed by atoms with Crippen molar-refractivity contribution < 1.29 is 0 Å². The first-order chi connectivity index (χ1) is 9.11. The molecule has 0 aromatic carbocycles. The second kappa shape index (κ2) is 5.99. The quantitative estimate of drug-likeness (QED) is 0.631. The number of rotatable bonds is 5. The van der Waals surface area contributed by atoms with E-state index in [4.69, 9.17) is 5.84 Å². The first-order valence-corrected chi connectivity index (χ1v) is 7.24. The number of nitrogens with zero attached hydrogens (tertiary/aromatic N) is 2. The molecule has 0 amide bonds. The lowest BCUT2D eigenvalue weighted by atomic mass is 9.83. The molecule has 106 valence electrons. The lowest BCUT2D eigenvalue weighted by molar-refractivity contribution is 0.0838. The van der Waals surface area contributed by atoms with Gasteiger partial charge in [0.25, 0.3) is 0 Å². The molecule has 1 fully saturated rings. The van der Waals surface area contributed by atoms with Crippen LogP contribution < -0.4 is 11.3 Å². The van der Waals surface area contributed by atoms with Crippen molar-refractivity contribution in [2.75, 3.05) is 13.1 Å². The Morgan fingerprint density at radius 2 is 2.11 bits per heavy atom. The molecular formula is C15H26N4. The monoisotopic (exact) mass is 262 g/mol. The third-order valence-electron chi connectivity index (χ3n) is 4.56. The summed E-state index contributed by atoms with van der Waals surface area (Å²) in [6.07, 6.45) is 7.46. The Balaban J connectivity index is 2.32. The fourth-order valence-electron chi connectivity index (χ4n) is 3.21. The van der Waals surface area contributed by atoms with Crippen LogP contribution in [-0.2, 0) is 0 Å². The van der Waals surface area contributed by atoms with Gasteiger partial charge in [0.15, 0.2) is 0 Å². The summed E-state index contributed by atoms with van der Waals surface area (Å²) in [6, 6.07) is 2.30. The Bertz CT molecular complexity index is 414. The molecule has 0 radical (unpaired) electrons. The van der Waals surface area contributed by atoms with E-state index in [0.29, 0.717) is 0 Å². The second-order valence-electron chi connectivity index (χ2n) is 5.80. The van der Waals surface area contributed by atoms with Crippen molar-refractivity contribution in [1.82, 2.24) is 15.3 Å². The summed E-state index contributed by atoms with van der Waals surface area (Å²) in [5.74, 6) is 5.88. The molecule has 2 unspecified atom stereocenters. The standard InChI is InChI=1S/C15H26N4/c1-4-15(3,19-7-5-6-8-19)14(18-16)13-9-12(2)10-17-11-13/h9-11,14,18H,4-8,16H2,1-3H3. The predicted octanol–water partition coefficient (Wildman–Crippen LogP) is 2.16. The zero-order valence-corrected chi connectivity index (χ0v) is 12.3. The third-order valence-corrected chi connectivity index (χ3v) is 4.56. The Morgan fingerprint density at radius 1 is 1.42 bits per heavy atom. The second-order valence-corrected chi connectivity index (χ2v) is 5.80. The van der Waals surface area contributed by atoms with Gasteiger partial charge >= 0.3 is 0 Å². The maximum absolute atomic E-state index is 5.88. The highest BCUT2D eigenvalue weighted by Crippen LogP contribution is 2.35. The van der Waals surface area contributed by atoms with E-state index in [0.717, 1.165) is 6.42 Å². The molecule has 2 rings (SSSR count). The van der Waals surface area contributed by atoms with Crippen molar-refractivity contribution in [3.8, 4) is 0 Å². The number of nitrogens with one attached hydrogen (secondary N) is 1. The number of hydrazine groups is 1. The Hall–Kier alpha value is -0.970. The first-order valence-electron chi connectivity index (χ1n) is 7.24. The minimum absolute atomic E-state index is 0.0424. The Labute approximate surface area is 116 Å². The third kappa shape index (κ3) is 2.81. The van der Waals surface area contributed by atoms with Gasteiger partial charge in [0.1, 0.15) is 0 Å². The summed E-state index contributed by atoms with van der Waals surface area (Å²) in [4.78, 5) is 6.88. The van der Waals surface area contributed by atoms with Crippen LogP contribution in [0.1, 0.15) is 50.3 Å². The highest BCUT2D eigenvalue weighted by atomic mass is 15.3. The van der Waals surface area contributed by atoms with Crippen LogP contribution in [0.15, 0.2) is 18.5 Å². The smallest absolute Gasteiger partial charge is 0.0656 e. The van der Waals surface area contributed by atoms with Crippen LogP contribution in [0, 0.1) is 6.92 Å². The molecule has 4 nitrogen and oxygen atoms in total. The highest BCUT2D eigenvalue weighted by molar-refractivity contribution is 5.24. The van der Waals surface area contributed by atoms with Crippen molar-refractivity contribution in [3.63, 3.8) is 0 Å². The molecule has 2 atom stereocenters. The summed E-state index contributed by atoms with van der Waals surface area (Å²) in [6.45, 7) is 8.96. The van der Waals surface area contributed by atoms with Gasteiger partial charge in [-0.1, -0.05) is 13.0 Å². The predicted molar refractivity (Wildman–Crippen MR) is 78.5 cm³/mol. The van der Waals surface area contributed by atoms with Crippen molar-refractivity contribution >= 4 is 0 Å². The minimum atomic E-state index is 0.0424. The first kappa shape index (κ1) is 14.4. The van der Waals surface area contributed by atoms with E-state index in [1.807, 2.05) is 12.4 Å². The fraction of sp³-hybridized carbons (Fsp3) is 0.667. The number of aryl methyl sites for hydroxylation is 1. The molecule has 1 aliphatic heterocycles. The molecule has 0 spiro atoms. The van der Waals surface area contributed by atoms with Crippen LogP contribution in [0.3, 0.4) is 0 Å². The van der Waals surface area contributed by atoms with E-state index in [1.165, 1.54) is 37.1 Å². The topological polar surface area (TPSA) is 54.2 Å². The van der Waals surface area contributed by atoms with E-state index >= 15 is 0 Å². The molecule has 1 saturated heterocycles. The number of nitrogens with two attached hydrogens (primary N) is 1. The summed E-state index contributed by atoms with van der Waals surface area (Å²) in [5, 5.41) is 0. The molecule has 1 aromatic heterocycles. The summed E-state index contributed by atoms with van der Waals surface area (Å²) < 4.78 is 0. The van der Waals surface area contributed by atoms with Gasteiger partial charge in [-0.25, -0.2) is 0 Å². The summed E-state index contributed by atoms with van der Waals surface area (Å²) in [5.41, 5.74) is 5.43. The van der Waals surface area contributed by atoms with Gasteiger partial charge in [0.05, 0.1) is 6.04 Å². The van der Waals surface area contributed by atoms with Crippen LogP contribution in [0.4, 0.5) is 0 Å². The zero-order chi connectivity index (χ0) is 13.9. The van der Waals surface area contributed by atoms with Crippen LogP contribution in [-0.4, -0.2) is 28.5 Å². The van der Waals surface area contributed by atoms with Crippen LogP contribution in [0.5, 0.6) is 0 Å². The van der Waals surface area contributed by atoms with E-state index in [2.05, 4.69) is 42.1 Å². The largest absolute Gasteiger partial charge is 0.296 e. The van der Waals surface area contributed by atoms with Crippen LogP contribution in [0.2, 0.25) is 0 Å². The molecule has 0 aliphatic carbocycles. The maximum Gasteiger partial charge on any atom is 0.0656 e. The molecule has 0 saturated carbocycles. The van der Waals surface area contributed by atoms with E-state index in [-0.39, 0.29) is 11.6 Å². The maximum atomic E-state index is 5.88. The fourth-order valence-corrected chi connectivity index (χ4v) is 3.21. The van der Waals surface area contributed by atoms with E-state index in [1.54, 1.807) is 0 Å². The average molecular weight is 262 g/mol. The van der Waals surface area contributed by atoms with Crippen LogP contribution >= 0.6 is 0 Å². The number of likely N-dealkylation sites (tertiary alicyclic amines) is 1. The minimum Gasteiger partial charge on any atom is -0.296 e. The normalized spacial score (nSPS) is 21.3. The van der Waals surface area contributed by atoms with Gasteiger partial charge in [-0.3, -0.25) is 21.2 Å². The van der Waals surface area contributed by atoms with Crippen molar-refractivity contribution in [1.29, 1.82) is 0 Å². The number of pyridine rings is 1. The van der Waals surface area contributed by atoms with Gasteiger partial charge in [-0.15, -0.1) is 0 Å². The van der Waals surface area contributed by atoms with Crippen molar-refractivity contribution in [2.45, 2.75) is 51.6 Å². The number of hydrogen-bond acceptors (Lipinski definition) is 4. The van der Waals surface area contributed by atoms with Gasteiger partial charge in [-0.05, 0) is 57.3 Å². The summed E-state index contributed by atoms with van der Waals surface area (Å²) in [7, 11) is 0. The molecule has 2 heterocycles. The van der Waals surface area contributed by atoms with Crippen molar-refractivity contribution in [3.05, 3.63) is 29.6 Å². The molecule has 0 bridgehead atoms. The highest BCUT2D eigenvalue weighted by Gasteiger charge is 2.39. The zero-order valence-electron chi connectivity index (χ0n) is 12.3. The average Bonchev–Trinajstić information content (AvgIpc) is 2.94. The van der Waals surface area contributed by atoms with Gasteiger partial charge in [-0.2, -0.15) is 0 Å². The van der Waals surface area contributed by atoms with E-state index in [9.17, 15) is 0 Å². The number of aromatic nitrogens is 1. The molecule has 1 aliphatic rings. The van der Waals surface area contributed by atoms with Crippen LogP contribution in [0.25, 0.3) is 0 Å². The Morgan fingerprint density at radius 3 is 2.63 bits per heavy atom. The Kier molecular flexibility index (Phi) is 4.55. The van der Waals surface area contributed by atoms with E-state index < -0.39 is 0 Å². The molecular weight excluding hydrogens is 236 g/mol. The van der Waals surface area contributed by atoms with Crippen molar-refractivity contribution in [2.24, 2.45) is 5.84 Å². The lowest BCUT2D eigenvalue weighted by Gasteiger charge is -2.44. The molecule has 19 heavy (non-hydrogen) atoms. The van der Waals surface area contributed by atoms with Gasteiger partial charge in [0, 0.05) is 17.9 Å². The SMILES string of the molecule is CCC(C)(C(NN)c1cncc(C)c1)N1CCCC1. The lowest BCUT2D eigenvalue weighted by Crippen LogP contribution is -2.54. The van der Waals surface area contributed by atoms with Gasteiger partial charge in [0.2, 0.25) is 0 Å². The molecule has 3 N–H and O–H groups in total. The van der Waals surface area contributed by atoms with Gasteiger partial charge < -0.3 is 0 Å². The summed E-state index contributed by atoms with van der Waals surface area (Å²) >= 11 is 0. The number of hydrogen-bond donors (Lipinski definition) is 2.